The monoisotopic (exact) mass is 144 g/mol. The fourth-order valence-corrected chi connectivity index (χ4v) is 0.961. The van der Waals surface area contributed by atoms with E-state index in [1.165, 1.54) is 24.8 Å². The molecule has 1 aromatic rings. The molecule has 0 aliphatic carbocycles. The molecule has 0 saturated carbocycles. The second-order valence-electron chi connectivity index (χ2n) is 2.40. The fourth-order valence-electron chi connectivity index (χ4n) is 0.961. The van der Waals surface area contributed by atoms with E-state index in [0.29, 0.717) is 0 Å². The minimum Gasteiger partial charge on any atom is -0.213 e. The van der Waals surface area contributed by atoms with Gasteiger partial charge in [-0.15, -0.1) is 0 Å². The van der Waals surface area contributed by atoms with E-state index in [2.05, 4.69) is 31.2 Å². The van der Waals surface area contributed by atoms with E-state index in [1.807, 2.05) is 0 Å². The van der Waals surface area contributed by atoms with Gasteiger partial charge in [0.2, 0.25) is 0 Å². The van der Waals surface area contributed by atoms with Crippen LogP contribution in [0.15, 0.2) is 24.3 Å². The molecule has 0 heterocycles. The number of rotatable bonds is 3. The summed E-state index contributed by atoms with van der Waals surface area (Å²) in [4.78, 5) is 0. The van der Waals surface area contributed by atoms with Crippen molar-refractivity contribution in [3.05, 3.63) is 29.8 Å². The van der Waals surface area contributed by atoms with Crippen molar-refractivity contribution in [2.45, 2.75) is 26.2 Å². The van der Waals surface area contributed by atoms with Gasteiger partial charge >= 0.3 is 29.6 Å². The smallest absolute Gasteiger partial charge is 0.213 e. The van der Waals surface area contributed by atoms with Crippen molar-refractivity contribution in [1.82, 2.24) is 0 Å². The van der Waals surface area contributed by atoms with Gasteiger partial charge in [-0.25, -0.2) is 12.1 Å². The Morgan fingerprint density at radius 3 is 2.30 bits per heavy atom. The van der Waals surface area contributed by atoms with Gasteiger partial charge in [-0.1, -0.05) is 26.2 Å². The Hall–Kier alpha value is 0.350. The quantitative estimate of drug-likeness (QED) is 0.405. The fraction of sp³-hybridized carbons (Fsp3) is 0.444. The number of aryl methyl sites for hydroxylation is 1. The molecule has 50 valence electrons. The van der Waals surface area contributed by atoms with Crippen molar-refractivity contribution in [2.75, 3.05) is 0 Å². The van der Waals surface area contributed by atoms with Crippen LogP contribution in [0.4, 0.5) is 0 Å². The van der Waals surface area contributed by atoms with E-state index in [0.717, 1.165) is 0 Å². The van der Waals surface area contributed by atoms with Crippen molar-refractivity contribution < 1.29 is 29.6 Å². The predicted octanol–water partition coefficient (Wildman–Crippen LogP) is -0.248. The topological polar surface area (TPSA) is 0 Å². The van der Waals surface area contributed by atoms with Crippen LogP contribution in [0.1, 0.15) is 25.3 Å². The number of hydrogen-bond donors (Lipinski definition) is 0. The van der Waals surface area contributed by atoms with E-state index in [9.17, 15) is 0 Å². The average Bonchev–Trinajstić information content (AvgIpc) is 2.34. The Morgan fingerprint density at radius 2 is 1.80 bits per heavy atom. The van der Waals surface area contributed by atoms with Crippen LogP contribution < -0.4 is 29.6 Å². The summed E-state index contributed by atoms with van der Waals surface area (Å²) in [5.41, 5.74) is 1.48. The molecule has 0 radical (unpaired) electrons. The van der Waals surface area contributed by atoms with Crippen LogP contribution in [0.2, 0.25) is 0 Å². The molecule has 10 heavy (non-hydrogen) atoms. The summed E-state index contributed by atoms with van der Waals surface area (Å²) in [5.74, 6) is 0. The first-order valence-electron chi connectivity index (χ1n) is 3.64. The molecule has 0 spiro atoms. The van der Waals surface area contributed by atoms with Gasteiger partial charge < -0.3 is 0 Å². The first kappa shape index (κ1) is 10.3. The zero-order valence-corrected chi connectivity index (χ0v) is 8.93. The van der Waals surface area contributed by atoms with E-state index < -0.39 is 0 Å². The van der Waals surface area contributed by atoms with Crippen LogP contribution in [-0.4, -0.2) is 0 Å². The molecule has 0 aromatic heterocycles. The van der Waals surface area contributed by atoms with Gasteiger partial charge in [-0.2, -0.15) is 17.7 Å². The maximum absolute atomic E-state index is 2.23. The van der Waals surface area contributed by atoms with Crippen molar-refractivity contribution in [3.8, 4) is 0 Å². The summed E-state index contributed by atoms with van der Waals surface area (Å²) >= 11 is 0. The van der Waals surface area contributed by atoms with Crippen LogP contribution in [0.3, 0.4) is 0 Å². The molecule has 0 unspecified atom stereocenters. The van der Waals surface area contributed by atoms with Gasteiger partial charge in [0.05, 0.1) is 0 Å². The average molecular weight is 144 g/mol. The Balaban J connectivity index is 0.000000810. The molecular formula is C9H13Na. The molecule has 1 rings (SSSR count). The third-order valence-electron chi connectivity index (χ3n) is 1.55. The van der Waals surface area contributed by atoms with Crippen LogP contribution in [0.25, 0.3) is 0 Å². The van der Waals surface area contributed by atoms with Crippen LogP contribution in [0, 0.1) is 0 Å². The SMILES string of the molecule is CCCC[c-]1cccc1.[Na+]. The van der Waals surface area contributed by atoms with Gasteiger partial charge in [0, 0.05) is 0 Å². The van der Waals surface area contributed by atoms with Gasteiger partial charge in [-0.05, 0) is 0 Å². The predicted molar refractivity (Wildman–Crippen MR) is 40.6 cm³/mol. The minimum absolute atomic E-state index is 0. The molecule has 0 fully saturated rings. The van der Waals surface area contributed by atoms with Crippen molar-refractivity contribution >= 4 is 0 Å². The molecule has 1 heteroatoms. The van der Waals surface area contributed by atoms with Gasteiger partial charge in [0.15, 0.2) is 0 Å². The first-order chi connectivity index (χ1) is 4.43. The van der Waals surface area contributed by atoms with E-state index in [1.54, 1.807) is 0 Å². The summed E-state index contributed by atoms with van der Waals surface area (Å²) in [6, 6.07) is 8.58. The maximum atomic E-state index is 2.23. The summed E-state index contributed by atoms with van der Waals surface area (Å²) in [6.45, 7) is 2.23. The Labute approximate surface area is 85.3 Å². The number of hydrogen-bond acceptors (Lipinski definition) is 0. The molecule has 0 N–H and O–H groups in total. The Bertz CT molecular complexity index is 142. The first-order valence-corrected chi connectivity index (χ1v) is 3.64. The molecule has 0 atom stereocenters. The molecule has 0 aliphatic heterocycles. The zero-order chi connectivity index (χ0) is 6.53. The normalized spacial score (nSPS) is 8.90. The van der Waals surface area contributed by atoms with Gasteiger partial charge in [0.1, 0.15) is 0 Å². The van der Waals surface area contributed by atoms with Crippen molar-refractivity contribution in [2.24, 2.45) is 0 Å². The molecule has 0 nitrogen and oxygen atoms in total. The van der Waals surface area contributed by atoms with E-state index in [4.69, 9.17) is 0 Å². The molecule has 0 amide bonds. The standard InChI is InChI=1S/C9H13.Na/c1-2-3-6-9-7-4-5-8-9;/h4-5,7-8H,2-3,6H2,1H3;/q-1;+1. The largest absolute Gasteiger partial charge is 1.00 e. The van der Waals surface area contributed by atoms with Crippen LogP contribution >= 0.6 is 0 Å². The molecule has 1 aromatic carbocycles. The summed E-state index contributed by atoms with van der Waals surface area (Å²) in [5, 5.41) is 0. The van der Waals surface area contributed by atoms with Gasteiger partial charge in [-0.3, -0.25) is 0 Å². The summed E-state index contributed by atoms with van der Waals surface area (Å²) < 4.78 is 0. The van der Waals surface area contributed by atoms with E-state index >= 15 is 0 Å². The Morgan fingerprint density at radius 1 is 1.20 bits per heavy atom. The van der Waals surface area contributed by atoms with Crippen molar-refractivity contribution in [3.63, 3.8) is 0 Å². The van der Waals surface area contributed by atoms with Crippen LogP contribution in [0.5, 0.6) is 0 Å². The van der Waals surface area contributed by atoms with Crippen molar-refractivity contribution in [1.29, 1.82) is 0 Å². The summed E-state index contributed by atoms with van der Waals surface area (Å²) in [6.07, 6.45) is 3.87. The van der Waals surface area contributed by atoms with E-state index in [-0.39, 0.29) is 29.6 Å². The Kier molecular flexibility index (Phi) is 6.30. The second-order valence-corrected chi connectivity index (χ2v) is 2.40. The molecule has 0 saturated heterocycles. The van der Waals surface area contributed by atoms with Crippen LogP contribution in [-0.2, 0) is 6.42 Å². The molecule has 0 bridgehead atoms. The minimum atomic E-state index is 0. The van der Waals surface area contributed by atoms with Gasteiger partial charge in [0.25, 0.3) is 0 Å². The molecule has 0 aliphatic rings. The molecular weight excluding hydrogens is 131 g/mol. The maximum Gasteiger partial charge on any atom is 1.00 e. The zero-order valence-electron chi connectivity index (χ0n) is 6.93. The summed E-state index contributed by atoms with van der Waals surface area (Å²) in [7, 11) is 0. The number of unbranched alkanes of at least 4 members (excludes halogenated alkanes) is 1. The second kappa shape index (κ2) is 6.09. The third kappa shape index (κ3) is 3.50. The third-order valence-corrected chi connectivity index (χ3v) is 1.55.